The van der Waals surface area contributed by atoms with Crippen LogP contribution in [0.2, 0.25) is 0 Å². The molecule has 2 aliphatic rings. The molecule has 1 aliphatic heterocycles. The van der Waals surface area contributed by atoms with Crippen molar-refractivity contribution in [2.24, 2.45) is 11.6 Å². The van der Waals surface area contributed by atoms with E-state index in [0.717, 1.165) is 25.6 Å². The summed E-state index contributed by atoms with van der Waals surface area (Å²) in [6.45, 7) is 6.39. The topological polar surface area (TPSA) is 120 Å². The van der Waals surface area contributed by atoms with E-state index in [9.17, 15) is 14.0 Å². The Hall–Kier alpha value is -3.47. The lowest BCUT2D eigenvalue weighted by Gasteiger charge is -2.32. The quantitative estimate of drug-likeness (QED) is 0.300. The average molecular weight is 542 g/mol. The Labute approximate surface area is 232 Å². The molecule has 2 aromatic carbocycles. The van der Waals surface area contributed by atoms with E-state index in [2.05, 4.69) is 22.5 Å². The molecule has 0 spiro atoms. The summed E-state index contributed by atoms with van der Waals surface area (Å²) in [6, 6.07) is 13.5. The third kappa shape index (κ3) is 11.8. The van der Waals surface area contributed by atoms with E-state index in [4.69, 9.17) is 11.6 Å². The van der Waals surface area contributed by atoms with Gasteiger partial charge in [0.1, 0.15) is 5.82 Å². The smallest absolute Gasteiger partial charge is 0.251 e. The Morgan fingerprint density at radius 2 is 1.67 bits per heavy atom. The van der Waals surface area contributed by atoms with Crippen molar-refractivity contribution >= 4 is 17.5 Å². The number of rotatable bonds is 8. The molecule has 0 atom stereocenters. The number of nitrogens with zero attached hydrogens (tertiary/aromatic N) is 3. The number of likely N-dealkylation sites (N-methyl/N-ethyl adjacent to an activating group) is 1. The molecule has 2 amide bonds. The molecule has 2 aromatic rings. The van der Waals surface area contributed by atoms with Crippen molar-refractivity contribution in [3.63, 3.8) is 0 Å². The van der Waals surface area contributed by atoms with Crippen LogP contribution < -0.4 is 27.2 Å². The van der Waals surface area contributed by atoms with E-state index in [0.29, 0.717) is 24.3 Å². The van der Waals surface area contributed by atoms with Crippen LogP contribution in [0.15, 0.2) is 60.9 Å². The number of anilines is 1. The van der Waals surface area contributed by atoms with E-state index >= 15 is 0 Å². The Morgan fingerprint density at radius 1 is 1.05 bits per heavy atom. The number of hydrogen-bond acceptors (Lipinski definition) is 7. The molecule has 214 valence electrons. The summed E-state index contributed by atoms with van der Waals surface area (Å²) < 4.78 is 12.4. The van der Waals surface area contributed by atoms with Crippen molar-refractivity contribution in [3.05, 3.63) is 77.9 Å². The summed E-state index contributed by atoms with van der Waals surface area (Å²) >= 11 is 0. The lowest BCUT2D eigenvalue weighted by molar-refractivity contribution is -0.131. The molecule has 6 N–H and O–H groups in total. The minimum absolute atomic E-state index is 0.00320. The van der Waals surface area contributed by atoms with Crippen LogP contribution in [0.4, 0.5) is 10.1 Å². The Kier molecular flexibility index (Phi) is 14.0. The normalized spacial score (nSPS) is 15.1. The van der Waals surface area contributed by atoms with Crippen molar-refractivity contribution in [1.82, 2.24) is 20.4 Å². The largest absolute Gasteiger partial charge is 0.403 e. The fraction of sp³-hybridized carbons (Fsp3) is 0.448. The highest BCUT2D eigenvalue weighted by atomic mass is 19.1. The fourth-order valence-corrected chi connectivity index (χ4v) is 3.79. The van der Waals surface area contributed by atoms with Gasteiger partial charge in [-0.05, 0) is 87.8 Å². The molecule has 1 heterocycles. The minimum atomic E-state index is -0.290. The molecule has 0 unspecified atom stereocenters. The summed E-state index contributed by atoms with van der Waals surface area (Å²) in [4.78, 5) is 28.2. The number of amides is 2. The van der Waals surface area contributed by atoms with E-state index in [1.54, 1.807) is 29.2 Å². The van der Waals surface area contributed by atoms with Gasteiger partial charge in [0.05, 0.1) is 12.2 Å². The molecule has 1 aliphatic carbocycles. The first kappa shape index (κ1) is 31.7. The Bertz CT molecular complexity index is 1020. The van der Waals surface area contributed by atoms with Crippen LogP contribution in [-0.2, 0) is 4.79 Å². The summed E-state index contributed by atoms with van der Waals surface area (Å²) in [7, 11) is 3.99. The SMILES string of the molecule is CCCNC.CN1CCN(C(=O)CNC(=O)c2ccc(N(N)/C=C\N)cc2)CC1.Fc1ccc(C2CC2)cc1. The minimum Gasteiger partial charge on any atom is -0.403 e. The van der Waals surface area contributed by atoms with Crippen molar-refractivity contribution in [2.45, 2.75) is 32.1 Å². The van der Waals surface area contributed by atoms with E-state index < -0.39 is 0 Å². The maximum Gasteiger partial charge on any atom is 0.251 e. The van der Waals surface area contributed by atoms with Crippen LogP contribution in [-0.4, -0.2) is 75.0 Å². The molecule has 9 nitrogen and oxygen atoms in total. The molecule has 1 saturated carbocycles. The second-order valence-electron chi connectivity index (χ2n) is 9.59. The molecule has 10 heteroatoms. The second-order valence-corrected chi connectivity index (χ2v) is 9.59. The molecular weight excluding hydrogens is 497 g/mol. The second kappa shape index (κ2) is 17.2. The highest BCUT2D eigenvalue weighted by Gasteiger charge is 2.23. The Balaban J connectivity index is 0.000000288. The molecule has 2 fully saturated rings. The zero-order chi connectivity index (χ0) is 28.6. The first-order valence-electron chi connectivity index (χ1n) is 13.5. The van der Waals surface area contributed by atoms with Crippen molar-refractivity contribution in [3.8, 4) is 0 Å². The number of benzene rings is 2. The van der Waals surface area contributed by atoms with Gasteiger partial charge in [0.2, 0.25) is 5.91 Å². The van der Waals surface area contributed by atoms with Crippen molar-refractivity contribution in [2.75, 3.05) is 58.4 Å². The number of hydrazine groups is 1. The summed E-state index contributed by atoms with van der Waals surface area (Å²) in [5.41, 5.74) is 7.73. The van der Waals surface area contributed by atoms with Crippen LogP contribution in [0.1, 0.15) is 48.0 Å². The van der Waals surface area contributed by atoms with Crippen LogP contribution in [0, 0.1) is 5.82 Å². The maximum absolute atomic E-state index is 12.4. The third-order valence-electron chi connectivity index (χ3n) is 6.35. The van der Waals surface area contributed by atoms with Gasteiger partial charge < -0.3 is 26.2 Å². The van der Waals surface area contributed by atoms with Gasteiger partial charge in [-0.1, -0.05) is 19.1 Å². The standard InChI is InChI=1S/C16H24N6O2.C9H9F.C4H11N/c1-20-8-10-21(11-9-20)15(23)12-19-16(24)13-2-4-14(5-3-13)22(18)7-6-17;10-9-5-3-8(4-6-9)7-1-2-7;1-3-4-5-2/h2-7H,8-12,17-18H2,1H3,(H,19,24);3-7H,1-2H2;5H,3-4H2,1-2H3/b7-6-;;. The van der Waals surface area contributed by atoms with Gasteiger partial charge in [-0.2, -0.15) is 0 Å². The number of halogens is 1. The predicted octanol–water partition coefficient (Wildman–Crippen LogP) is 2.62. The van der Waals surface area contributed by atoms with Crippen LogP contribution in [0.3, 0.4) is 0 Å². The summed E-state index contributed by atoms with van der Waals surface area (Å²) in [5, 5.41) is 7.02. The number of hydrogen-bond donors (Lipinski definition) is 4. The number of piperazine rings is 1. The number of carbonyl (C=O) groups is 2. The summed E-state index contributed by atoms with van der Waals surface area (Å²) in [5.74, 6) is 5.99. The monoisotopic (exact) mass is 541 g/mol. The molecule has 1 saturated heterocycles. The third-order valence-corrected chi connectivity index (χ3v) is 6.35. The highest BCUT2D eigenvalue weighted by Crippen LogP contribution is 2.39. The molecule has 0 aromatic heterocycles. The predicted molar refractivity (Wildman–Crippen MR) is 155 cm³/mol. The first-order chi connectivity index (χ1) is 18.8. The number of nitrogens with one attached hydrogen (secondary N) is 2. The zero-order valence-electron chi connectivity index (χ0n) is 23.4. The lowest BCUT2D eigenvalue weighted by Crippen LogP contribution is -2.50. The molecule has 4 rings (SSSR count). The van der Waals surface area contributed by atoms with Gasteiger partial charge >= 0.3 is 0 Å². The molecule has 0 radical (unpaired) electrons. The average Bonchev–Trinajstić information content (AvgIpc) is 3.79. The van der Waals surface area contributed by atoms with Crippen molar-refractivity contribution in [1.29, 1.82) is 0 Å². The van der Waals surface area contributed by atoms with Crippen LogP contribution >= 0.6 is 0 Å². The van der Waals surface area contributed by atoms with Gasteiger partial charge in [0, 0.05) is 44.1 Å². The van der Waals surface area contributed by atoms with Gasteiger partial charge in [-0.25, -0.2) is 10.2 Å². The molecule has 39 heavy (non-hydrogen) atoms. The van der Waals surface area contributed by atoms with Crippen LogP contribution in [0.25, 0.3) is 0 Å². The van der Waals surface area contributed by atoms with Crippen LogP contribution in [0.5, 0.6) is 0 Å². The van der Waals surface area contributed by atoms with Gasteiger partial charge in [0.25, 0.3) is 5.91 Å². The van der Waals surface area contributed by atoms with E-state index in [1.807, 2.05) is 26.2 Å². The van der Waals surface area contributed by atoms with Crippen molar-refractivity contribution < 1.29 is 14.0 Å². The Morgan fingerprint density at radius 3 is 2.15 bits per heavy atom. The first-order valence-corrected chi connectivity index (χ1v) is 13.5. The van der Waals surface area contributed by atoms with Gasteiger partial charge in [0.15, 0.2) is 0 Å². The maximum atomic E-state index is 12.4. The number of carbonyl (C=O) groups excluding carboxylic acids is 2. The van der Waals surface area contributed by atoms with E-state index in [1.165, 1.54) is 54.4 Å². The highest BCUT2D eigenvalue weighted by molar-refractivity contribution is 5.96. The van der Waals surface area contributed by atoms with Gasteiger partial charge in [-0.3, -0.25) is 14.6 Å². The number of nitrogens with two attached hydrogens (primary N) is 2. The molecular formula is C29H44FN7O2. The summed E-state index contributed by atoms with van der Waals surface area (Å²) in [6.07, 6.45) is 6.63. The van der Waals surface area contributed by atoms with E-state index in [-0.39, 0.29) is 24.2 Å². The molecule has 0 bridgehead atoms. The zero-order valence-corrected chi connectivity index (χ0v) is 23.4. The lowest BCUT2D eigenvalue weighted by atomic mass is 10.1. The van der Waals surface area contributed by atoms with Gasteiger partial charge in [-0.15, -0.1) is 0 Å². The fourth-order valence-electron chi connectivity index (χ4n) is 3.79.